The summed E-state index contributed by atoms with van der Waals surface area (Å²) in [5, 5.41) is 17.4. The van der Waals surface area contributed by atoms with E-state index in [0.29, 0.717) is 12.8 Å². The molecule has 0 saturated carbocycles. The third-order valence-corrected chi connectivity index (χ3v) is 22.9. The van der Waals surface area contributed by atoms with E-state index in [9.17, 15) is 9.59 Å². The van der Waals surface area contributed by atoms with Crippen LogP contribution in [0.1, 0.15) is 130 Å². The van der Waals surface area contributed by atoms with Gasteiger partial charge in [0.05, 0.1) is 5.92 Å². The van der Waals surface area contributed by atoms with Crippen molar-refractivity contribution in [3.05, 3.63) is 0 Å². The summed E-state index contributed by atoms with van der Waals surface area (Å²) in [5.41, 5.74) is 5.45. The van der Waals surface area contributed by atoms with Crippen molar-refractivity contribution in [2.45, 2.75) is 199 Å². The predicted octanol–water partition coefficient (Wildman–Crippen LogP) is 11.9. The lowest BCUT2D eigenvalue weighted by atomic mass is 10.1. The van der Waals surface area contributed by atoms with Gasteiger partial charge in [0.1, 0.15) is 0 Å². The Morgan fingerprint density at radius 1 is 0.642 bits per heavy atom. The van der Waals surface area contributed by atoms with Crippen LogP contribution in [0.2, 0.25) is 69.0 Å². The zero-order chi connectivity index (χ0) is 37.6. The zero-order valence-corrected chi connectivity index (χ0v) is 36.1. The van der Waals surface area contributed by atoms with Crippen LogP contribution in [0.4, 0.5) is 0 Å². The quantitative estimate of drug-likeness (QED) is 0.0624. The molecule has 0 fully saturated rings. The highest BCUT2D eigenvalue weighted by atomic mass is 28.4. The highest BCUT2D eigenvalue weighted by molar-refractivity contribution is 6.82. The number of carbonyl (C=O) groups excluding carboxylic acids is 2. The van der Waals surface area contributed by atoms with Gasteiger partial charge in [0.15, 0.2) is 25.0 Å². The minimum Gasteiger partial charge on any atom is -0.481 e. The van der Waals surface area contributed by atoms with Crippen molar-refractivity contribution in [2.24, 2.45) is 11.7 Å². The van der Waals surface area contributed by atoms with Crippen molar-refractivity contribution in [1.82, 2.24) is 0 Å². The average Bonchev–Trinajstić information content (AvgIpc) is 2.98. The summed E-state index contributed by atoms with van der Waals surface area (Å²) in [7, 11) is -1.19. The topological polar surface area (TPSA) is 172 Å². The Kier molecular flexibility index (Phi) is 65.6. The Bertz CT molecular complexity index is 818. The first-order chi connectivity index (χ1) is 21.8. The highest BCUT2D eigenvalue weighted by Crippen LogP contribution is 2.28. The molecule has 0 bridgehead atoms. The fourth-order valence-corrected chi connectivity index (χ4v) is 18.3. The SMILES string of the molecule is C.C.C.C.C.C.CCC[Si](C)(CCCCC(=O)O)OC.CCC[Si](C)(CCCN)OC.CCC[Si](CCCC(C)C(=O)O)(OC)O[Si](C)(C)C.O=C=O. The monoisotopic (exact) mass is 840 g/mol. The Balaban J connectivity index is -0.0000000613. The molecule has 0 rings (SSSR count). The van der Waals surface area contributed by atoms with E-state index < -0.39 is 45.5 Å². The van der Waals surface area contributed by atoms with Crippen LogP contribution in [0, 0.1) is 5.92 Å². The maximum atomic E-state index is 10.8. The van der Waals surface area contributed by atoms with Crippen LogP contribution in [0.3, 0.4) is 0 Å². The number of carbonyl (C=O) groups is 2. The van der Waals surface area contributed by atoms with Gasteiger partial charge in [-0.15, -0.1) is 0 Å². The fraction of sp³-hybridized carbons (Fsp3) is 0.921. The van der Waals surface area contributed by atoms with Gasteiger partial charge in [-0.2, -0.15) is 9.59 Å². The van der Waals surface area contributed by atoms with E-state index in [-0.39, 0.29) is 56.6 Å². The number of unbranched alkanes of at least 4 members (excludes halogenated alkanes) is 1. The summed E-state index contributed by atoms with van der Waals surface area (Å²) >= 11 is 0. The lowest BCUT2D eigenvalue weighted by Gasteiger charge is -2.35. The van der Waals surface area contributed by atoms with Crippen molar-refractivity contribution in [2.75, 3.05) is 27.9 Å². The second kappa shape index (κ2) is 45.4. The minimum atomic E-state index is -2.14. The Morgan fingerprint density at radius 3 is 1.32 bits per heavy atom. The zero-order valence-electron chi connectivity index (χ0n) is 32.1. The van der Waals surface area contributed by atoms with E-state index >= 15 is 0 Å². The molecule has 0 aliphatic rings. The molecule has 4 atom stereocenters. The van der Waals surface area contributed by atoms with Gasteiger partial charge in [0.25, 0.3) is 0 Å². The minimum absolute atomic E-state index is 0. The van der Waals surface area contributed by atoms with Crippen LogP contribution in [-0.4, -0.2) is 89.7 Å². The Hall–Kier alpha value is -1.01. The second-order valence-electron chi connectivity index (χ2n) is 13.6. The van der Waals surface area contributed by atoms with E-state index in [2.05, 4.69) is 53.5 Å². The number of rotatable bonds is 24. The maximum Gasteiger partial charge on any atom is 0.373 e. The highest BCUT2D eigenvalue weighted by Gasteiger charge is 2.39. The van der Waals surface area contributed by atoms with Crippen LogP contribution in [0.5, 0.6) is 0 Å². The number of carboxylic acid groups (broad SMARTS) is 2. The molecule has 330 valence electrons. The summed E-state index contributed by atoms with van der Waals surface area (Å²) in [5.74, 6) is -1.69. The normalized spacial score (nSPS) is 13.6. The van der Waals surface area contributed by atoms with Crippen LogP contribution in [0.25, 0.3) is 0 Å². The van der Waals surface area contributed by atoms with Crippen LogP contribution in [0.15, 0.2) is 0 Å². The molecule has 4 N–H and O–H groups in total. The molecule has 0 aromatic heterocycles. The number of hydrogen-bond acceptors (Lipinski definition) is 9. The van der Waals surface area contributed by atoms with Gasteiger partial charge in [-0.1, -0.05) is 104 Å². The fourth-order valence-electron chi connectivity index (χ4n) is 5.18. The summed E-state index contributed by atoms with van der Waals surface area (Å²) in [6.07, 6.45) is 8.46. The van der Waals surface area contributed by atoms with E-state index in [1.54, 1.807) is 21.1 Å². The summed E-state index contributed by atoms with van der Waals surface area (Å²) in [6.45, 7) is 20.2. The first-order valence-corrected chi connectivity index (χ1v) is 28.6. The van der Waals surface area contributed by atoms with Crippen LogP contribution < -0.4 is 5.73 Å². The molecule has 0 spiro atoms. The third kappa shape index (κ3) is 49.0. The van der Waals surface area contributed by atoms with Crippen molar-refractivity contribution < 1.29 is 46.8 Å². The predicted molar refractivity (Wildman–Crippen MR) is 241 cm³/mol. The average molecular weight is 841 g/mol. The molecule has 15 heteroatoms. The van der Waals surface area contributed by atoms with E-state index in [1.807, 2.05) is 7.11 Å². The van der Waals surface area contributed by atoms with Crippen molar-refractivity contribution in [3.63, 3.8) is 0 Å². The standard InChI is InChI=1S/C13H30O4Si2.C10H22O3Si.C8H21NOSi.CO2.6CH4/c1-7-10-19(16-3,17-18(4,5)6)11-8-9-12(2)13(14)15;1-4-8-14(3,13-2)9-6-5-7-10(11)12;1-4-7-11(3,10-2)8-5-6-9;2-1-3;;;;;;/h12H,7-11H2,1-6H3,(H,14,15);4-9H2,1-3H3,(H,11,12);4-9H2,1-3H3;;6*1H4. The maximum absolute atomic E-state index is 10.8. The van der Waals surface area contributed by atoms with Gasteiger partial charge in [0.2, 0.25) is 0 Å². The molecule has 0 aromatic carbocycles. The molecule has 11 nitrogen and oxygen atoms in total. The molecule has 0 radical (unpaired) electrons. The van der Waals surface area contributed by atoms with Crippen LogP contribution in [-0.2, 0) is 36.6 Å². The van der Waals surface area contributed by atoms with Gasteiger partial charge in [-0.05, 0) is 94.8 Å². The number of hydrogen-bond donors (Lipinski definition) is 3. The largest absolute Gasteiger partial charge is 0.481 e. The smallest absolute Gasteiger partial charge is 0.373 e. The van der Waals surface area contributed by atoms with Gasteiger partial charge in [0, 0.05) is 27.8 Å². The number of aliphatic carboxylic acids is 2. The van der Waals surface area contributed by atoms with E-state index in [4.69, 9.17) is 42.9 Å². The molecule has 0 saturated heterocycles. The Labute approximate surface area is 335 Å². The Morgan fingerprint density at radius 2 is 1.04 bits per heavy atom. The molecule has 4 unspecified atom stereocenters. The molecule has 0 aliphatic heterocycles. The van der Waals surface area contributed by atoms with Crippen molar-refractivity contribution >= 4 is 51.6 Å². The third-order valence-electron chi connectivity index (χ3n) is 7.91. The molecule has 0 aromatic rings. The molecule has 0 heterocycles. The van der Waals surface area contributed by atoms with Gasteiger partial charge < -0.3 is 33.3 Å². The summed E-state index contributed by atoms with van der Waals surface area (Å²) in [4.78, 5) is 37.4. The molecular formula is C38H97NO10Si4. The molecule has 0 aliphatic carbocycles. The summed E-state index contributed by atoms with van der Waals surface area (Å²) in [6, 6.07) is 6.65. The van der Waals surface area contributed by atoms with Gasteiger partial charge in [-0.25, -0.2) is 0 Å². The van der Waals surface area contributed by atoms with Gasteiger partial charge in [-0.3, -0.25) is 9.59 Å². The summed E-state index contributed by atoms with van der Waals surface area (Å²) < 4.78 is 23.3. The van der Waals surface area contributed by atoms with Gasteiger partial charge >= 0.3 is 26.7 Å². The first-order valence-electron chi connectivity index (χ1n) is 17.3. The first kappa shape index (κ1) is 76.7. The number of carboxylic acids is 2. The van der Waals surface area contributed by atoms with Crippen LogP contribution >= 0.6 is 0 Å². The molecule has 0 amide bonds. The molecule has 53 heavy (non-hydrogen) atoms. The lowest BCUT2D eigenvalue weighted by Crippen LogP contribution is -2.48. The second-order valence-corrected chi connectivity index (χ2v) is 30.5. The molecular weight excluding hydrogens is 743 g/mol. The lowest BCUT2D eigenvalue weighted by molar-refractivity contribution is -0.191. The van der Waals surface area contributed by atoms with Crippen molar-refractivity contribution in [1.29, 1.82) is 0 Å². The van der Waals surface area contributed by atoms with E-state index in [1.165, 1.54) is 24.6 Å². The number of nitrogens with two attached hydrogens (primary N) is 1. The van der Waals surface area contributed by atoms with E-state index in [0.717, 1.165) is 63.2 Å². The van der Waals surface area contributed by atoms with Crippen molar-refractivity contribution in [3.8, 4) is 0 Å².